The van der Waals surface area contributed by atoms with Gasteiger partial charge in [-0.2, -0.15) is 0 Å². The van der Waals surface area contributed by atoms with E-state index in [0.717, 1.165) is 0 Å². The zero-order valence-corrected chi connectivity index (χ0v) is 15.5. The van der Waals surface area contributed by atoms with Crippen molar-refractivity contribution in [3.8, 4) is 11.5 Å². The van der Waals surface area contributed by atoms with Gasteiger partial charge < -0.3 is 24.8 Å². The molecule has 0 unspecified atom stereocenters. The molecule has 0 aliphatic carbocycles. The number of likely N-dealkylation sites (tertiary alicyclic amines) is 1. The van der Waals surface area contributed by atoms with Gasteiger partial charge in [0.05, 0.1) is 11.1 Å². The molecule has 9 nitrogen and oxygen atoms in total. The van der Waals surface area contributed by atoms with E-state index >= 15 is 0 Å². The molecule has 4 rings (SSSR count). The van der Waals surface area contributed by atoms with E-state index in [2.05, 4.69) is 10.3 Å². The summed E-state index contributed by atoms with van der Waals surface area (Å²) in [5.74, 6) is -0.489. The predicted octanol–water partition coefficient (Wildman–Crippen LogP) is 2.00. The fraction of sp³-hybridized carbons (Fsp3) is 0.300. The van der Waals surface area contributed by atoms with Gasteiger partial charge in [-0.1, -0.05) is 0 Å². The summed E-state index contributed by atoms with van der Waals surface area (Å²) in [5, 5.41) is 11.9. The van der Waals surface area contributed by atoms with Crippen molar-refractivity contribution in [2.45, 2.75) is 12.8 Å². The lowest BCUT2D eigenvalue weighted by molar-refractivity contribution is -0.121. The Kier molecular flexibility index (Phi) is 5.03. The third kappa shape index (κ3) is 3.98. The van der Waals surface area contributed by atoms with Crippen molar-refractivity contribution < 1.29 is 29.0 Å². The van der Waals surface area contributed by atoms with Crippen LogP contribution in [0, 0.1) is 5.92 Å². The number of hydrogen-bond acceptors (Lipinski definition) is 6. The molecule has 2 N–H and O–H groups in total. The lowest BCUT2D eigenvalue weighted by atomic mass is 9.95. The molecule has 2 aliphatic heterocycles. The number of hydrogen-bond donors (Lipinski definition) is 2. The summed E-state index contributed by atoms with van der Waals surface area (Å²) in [6.07, 6.45) is 3.60. The number of piperidine rings is 1. The van der Waals surface area contributed by atoms with Crippen LogP contribution in [0.4, 0.5) is 5.69 Å². The topological polar surface area (TPSA) is 118 Å². The maximum Gasteiger partial charge on any atom is 0.337 e. The first-order valence-corrected chi connectivity index (χ1v) is 9.19. The van der Waals surface area contributed by atoms with Crippen molar-refractivity contribution in [3.05, 3.63) is 47.8 Å². The quantitative estimate of drug-likeness (QED) is 0.810. The Morgan fingerprint density at radius 3 is 2.52 bits per heavy atom. The molecule has 1 fully saturated rings. The van der Waals surface area contributed by atoms with Crippen LogP contribution < -0.4 is 14.8 Å². The van der Waals surface area contributed by atoms with Gasteiger partial charge in [0.15, 0.2) is 11.5 Å². The highest BCUT2D eigenvalue weighted by Crippen LogP contribution is 2.34. The van der Waals surface area contributed by atoms with E-state index in [1.54, 1.807) is 23.1 Å². The largest absolute Gasteiger partial charge is 0.478 e. The maximum atomic E-state index is 12.6. The van der Waals surface area contributed by atoms with Gasteiger partial charge in [-0.25, -0.2) is 4.79 Å². The summed E-state index contributed by atoms with van der Waals surface area (Å²) in [7, 11) is 0. The average molecular weight is 397 g/mol. The first-order valence-electron chi connectivity index (χ1n) is 9.19. The number of pyridine rings is 1. The normalized spacial score (nSPS) is 15.8. The zero-order valence-electron chi connectivity index (χ0n) is 15.5. The number of nitrogens with one attached hydrogen (secondary N) is 1. The van der Waals surface area contributed by atoms with E-state index in [0.29, 0.717) is 43.1 Å². The number of aromatic carboxylic acids is 1. The zero-order chi connectivity index (χ0) is 20.4. The molecule has 1 aromatic heterocycles. The number of nitrogens with zero attached hydrogens (tertiary/aromatic N) is 2. The number of carbonyl (C=O) groups is 3. The molecule has 9 heteroatoms. The lowest BCUT2D eigenvalue weighted by Crippen LogP contribution is -2.41. The van der Waals surface area contributed by atoms with Gasteiger partial charge in [0.25, 0.3) is 5.91 Å². The first kappa shape index (κ1) is 18.7. The van der Waals surface area contributed by atoms with E-state index in [1.165, 1.54) is 18.5 Å². The van der Waals surface area contributed by atoms with Gasteiger partial charge in [-0.05, 0) is 31.0 Å². The van der Waals surface area contributed by atoms with Crippen LogP contribution in [0.5, 0.6) is 11.5 Å². The molecular weight excluding hydrogens is 378 g/mol. The molecule has 3 heterocycles. The van der Waals surface area contributed by atoms with Crippen LogP contribution in [0.15, 0.2) is 36.7 Å². The third-order valence-electron chi connectivity index (χ3n) is 5.03. The smallest absolute Gasteiger partial charge is 0.337 e. The Morgan fingerprint density at radius 1 is 1.03 bits per heavy atom. The van der Waals surface area contributed by atoms with Crippen LogP contribution in [0.2, 0.25) is 0 Å². The van der Waals surface area contributed by atoms with Gasteiger partial charge in [0, 0.05) is 43.2 Å². The van der Waals surface area contributed by atoms with Crippen molar-refractivity contribution in [2.75, 3.05) is 25.2 Å². The standard InChI is InChI=1S/C20H19N3O6/c24-18(22-15-1-2-16-17(8-15)29-11-28-16)12-3-5-23(6-4-12)19(25)13-7-14(20(26)27)10-21-9-13/h1-2,7-10,12H,3-6,11H2,(H,22,24)(H,26,27). The number of amides is 2. The van der Waals surface area contributed by atoms with Gasteiger partial charge in [-0.3, -0.25) is 14.6 Å². The summed E-state index contributed by atoms with van der Waals surface area (Å²) in [4.78, 5) is 41.7. The van der Waals surface area contributed by atoms with Crippen LogP contribution >= 0.6 is 0 Å². The number of rotatable bonds is 4. The number of carbonyl (C=O) groups excluding carboxylic acids is 2. The lowest BCUT2D eigenvalue weighted by Gasteiger charge is -2.31. The molecule has 0 bridgehead atoms. The average Bonchev–Trinajstić information content (AvgIpc) is 3.21. The summed E-state index contributed by atoms with van der Waals surface area (Å²) in [5.41, 5.74) is 0.830. The number of aromatic nitrogens is 1. The number of ether oxygens (including phenoxy) is 2. The molecule has 0 radical (unpaired) electrons. The molecule has 1 aromatic carbocycles. The van der Waals surface area contributed by atoms with E-state index in [9.17, 15) is 14.4 Å². The predicted molar refractivity (Wildman–Crippen MR) is 101 cm³/mol. The SMILES string of the molecule is O=C(O)c1cncc(C(=O)N2CCC(C(=O)Nc3ccc4c(c3)OCO4)CC2)c1. The van der Waals surface area contributed by atoms with Crippen LogP contribution in [-0.4, -0.2) is 52.7 Å². The second-order valence-corrected chi connectivity index (χ2v) is 6.89. The molecule has 2 amide bonds. The Hall–Kier alpha value is -3.62. The van der Waals surface area contributed by atoms with Crippen molar-refractivity contribution >= 4 is 23.5 Å². The Bertz CT molecular complexity index is 968. The molecule has 1 saturated heterocycles. The molecule has 150 valence electrons. The summed E-state index contributed by atoms with van der Waals surface area (Å²) >= 11 is 0. The van der Waals surface area contributed by atoms with E-state index in [1.807, 2.05) is 0 Å². The van der Waals surface area contributed by atoms with Crippen LogP contribution in [0.25, 0.3) is 0 Å². The van der Waals surface area contributed by atoms with Gasteiger partial charge in [0.1, 0.15) is 0 Å². The van der Waals surface area contributed by atoms with E-state index in [-0.39, 0.29) is 35.7 Å². The fourth-order valence-electron chi connectivity index (χ4n) is 3.42. The summed E-state index contributed by atoms with van der Waals surface area (Å²) in [6, 6.07) is 6.54. The van der Waals surface area contributed by atoms with Gasteiger partial charge >= 0.3 is 5.97 Å². The number of fused-ring (bicyclic) bond motifs is 1. The maximum absolute atomic E-state index is 12.6. The molecule has 2 aromatic rings. The molecule has 2 aliphatic rings. The van der Waals surface area contributed by atoms with E-state index in [4.69, 9.17) is 14.6 Å². The Balaban J connectivity index is 1.34. The highest BCUT2D eigenvalue weighted by Gasteiger charge is 2.28. The molecule has 0 saturated carbocycles. The second kappa shape index (κ2) is 7.78. The van der Waals surface area contributed by atoms with Crippen LogP contribution in [0.3, 0.4) is 0 Å². The number of anilines is 1. The number of carboxylic acid groups (broad SMARTS) is 1. The minimum atomic E-state index is -1.13. The minimum Gasteiger partial charge on any atom is -0.478 e. The minimum absolute atomic E-state index is 0.0335. The molecule has 0 atom stereocenters. The molecule has 29 heavy (non-hydrogen) atoms. The first-order chi connectivity index (χ1) is 14.0. The highest BCUT2D eigenvalue weighted by atomic mass is 16.7. The Labute approximate surface area is 166 Å². The highest BCUT2D eigenvalue weighted by molar-refractivity contribution is 5.97. The van der Waals surface area contributed by atoms with E-state index < -0.39 is 5.97 Å². The fourth-order valence-corrected chi connectivity index (χ4v) is 3.42. The summed E-state index contributed by atoms with van der Waals surface area (Å²) in [6.45, 7) is 0.995. The third-order valence-corrected chi connectivity index (χ3v) is 5.03. The Morgan fingerprint density at radius 2 is 1.76 bits per heavy atom. The molecular formula is C20H19N3O6. The number of carboxylic acids is 1. The van der Waals surface area contributed by atoms with Gasteiger partial charge in [0.2, 0.25) is 12.7 Å². The second-order valence-electron chi connectivity index (χ2n) is 6.89. The van der Waals surface area contributed by atoms with Gasteiger partial charge in [-0.15, -0.1) is 0 Å². The molecule has 0 spiro atoms. The summed E-state index contributed by atoms with van der Waals surface area (Å²) < 4.78 is 10.6. The van der Waals surface area contributed by atoms with Crippen molar-refractivity contribution in [3.63, 3.8) is 0 Å². The number of benzene rings is 1. The monoisotopic (exact) mass is 397 g/mol. The van der Waals surface area contributed by atoms with Crippen LogP contribution in [0.1, 0.15) is 33.6 Å². The van der Waals surface area contributed by atoms with Crippen molar-refractivity contribution in [1.29, 1.82) is 0 Å². The van der Waals surface area contributed by atoms with Crippen LogP contribution in [-0.2, 0) is 4.79 Å². The van der Waals surface area contributed by atoms with Crippen molar-refractivity contribution in [1.82, 2.24) is 9.88 Å². The van der Waals surface area contributed by atoms with Crippen molar-refractivity contribution in [2.24, 2.45) is 5.92 Å².